The monoisotopic (exact) mass is 295 g/mol. The number of nitrogens with zero attached hydrogens (tertiary/aromatic N) is 2. The Morgan fingerprint density at radius 1 is 1.38 bits per heavy atom. The lowest BCUT2D eigenvalue weighted by Crippen LogP contribution is -2.53. The summed E-state index contributed by atoms with van der Waals surface area (Å²) in [6.45, 7) is 4.10. The molecule has 2 N–H and O–H groups in total. The van der Waals surface area contributed by atoms with E-state index in [2.05, 4.69) is 10.2 Å². The van der Waals surface area contributed by atoms with Crippen LogP contribution < -0.4 is 5.32 Å². The number of carboxylic acids is 1. The molecule has 6 nitrogen and oxygen atoms in total. The topological polar surface area (TPSA) is 72.9 Å². The highest BCUT2D eigenvalue weighted by molar-refractivity contribution is 5.92. The fourth-order valence-electron chi connectivity index (χ4n) is 2.40. The van der Waals surface area contributed by atoms with Gasteiger partial charge in [0.2, 0.25) is 0 Å². The first kappa shape index (κ1) is 15.2. The van der Waals surface area contributed by atoms with Gasteiger partial charge in [-0.05, 0) is 32.2 Å². The molecule has 0 bridgehead atoms. The first-order chi connectivity index (χ1) is 9.88. The van der Waals surface area contributed by atoms with Crippen LogP contribution in [0.4, 0.5) is 14.9 Å². The van der Waals surface area contributed by atoms with Crippen LogP contribution in [0.3, 0.4) is 0 Å². The summed E-state index contributed by atoms with van der Waals surface area (Å²) >= 11 is 0. The van der Waals surface area contributed by atoms with Crippen LogP contribution in [0.25, 0.3) is 0 Å². The predicted octanol–water partition coefficient (Wildman–Crippen LogP) is 1.69. The van der Waals surface area contributed by atoms with E-state index in [9.17, 15) is 14.0 Å². The quantitative estimate of drug-likeness (QED) is 0.871. The van der Waals surface area contributed by atoms with E-state index in [4.69, 9.17) is 5.11 Å². The zero-order chi connectivity index (χ0) is 15.6. The van der Waals surface area contributed by atoms with E-state index >= 15 is 0 Å². The summed E-state index contributed by atoms with van der Waals surface area (Å²) in [5.41, 5.74) is -0.172. The molecule has 0 spiro atoms. The van der Waals surface area contributed by atoms with E-state index in [1.807, 2.05) is 14.0 Å². The van der Waals surface area contributed by atoms with Crippen LogP contribution in [0.5, 0.6) is 0 Å². The lowest BCUT2D eigenvalue weighted by atomic mass is 10.2. The number of benzene rings is 1. The molecule has 0 aromatic heterocycles. The van der Waals surface area contributed by atoms with Gasteiger partial charge in [0.1, 0.15) is 5.82 Å². The molecule has 1 aromatic rings. The van der Waals surface area contributed by atoms with E-state index in [0.29, 0.717) is 6.54 Å². The molecule has 1 unspecified atom stereocenters. The van der Waals surface area contributed by atoms with Crippen molar-refractivity contribution in [2.75, 3.05) is 32.0 Å². The lowest BCUT2D eigenvalue weighted by Gasteiger charge is -2.38. The average molecular weight is 295 g/mol. The number of anilines is 1. The van der Waals surface area contributed by atoms with Crippen LogP contribution in [0.15, 0.2) is 18.2 Å². The molecule has 2 amide bonds. The fourth-order valence-corrected chi connectivity index (χ4v) is 2.40. The van der Waals surface area contributed by atoms with Gasteiger partial charge in [-0.1, -0.05) is 0 Å². The Kier molecular flexibility index (Phi) is 4.42. The Morgan fingerprint density at radius 3 is 2.67 bits per heavy atom. The van der Waals surface area contributed by atoms with Crippen molar-refractivity contribution in [3.05, 3.63) is 29.6 Å². The third kappa shape index (κ3) is 3.49. The summed E-state index contributed by atoms with van der Waals surface area (Å²) in [5, 5.41) is 11.4. The van der Waals surface area contributed by atoms with E-state index in [1.54, 1.807) is 4.90 Å². The molecule has 1 atom stereocenters. The number of hydrogen-bond acceptors (Lipinski definition) is 3. The van der Waals surface area contributed by atoms with Gasteiger partial charge < -0.3 is 20.2 Å². The Hall–Kier alpha value is -2.15. The minimum absolute atomic E-state index is 0.0619. The van der Waals surface area contributed by atoms with Crippen LogP contribution in [-0.2, 0) is 0 Å². The first-order valence-corrected chi connectivity index (χ1v) is 6.67. The highest BCUT2D eigenvalue weighted by Crippen LogP contribution is 2.16. The van der Waals surface area contributed by atoms with Crippen molar-refractivity contribution >= 4 is 17.7 Å². The van der Waals surface area contributed by atoms with Crippen molar-refractivity contribution in [3.63, 3.8) is 0 Å². The molecule has 21 heavy (non-hydrogen) atoms. The first-order valence-electron chi connectivity index (χ1n) is 6.67. The fraction of sp³-hybridized carbons (Fsp3) is 0.429. The zero-order valence-corrected chi connectivity index (χ0v) is 12.0. The second-order valence-electron chi connectivity index (χ2n) is 5.23. The minimum Gasteiger partial charge on any atom is -0.478 e. The second-order valence-corrected chi connectivity index (χ2v) is 5.23. The van der Waals surface area contributed by atoms with Crippen molar-refractivity contribution in [2.45, 2.75) is 13.0 Å². The van der Waals surface area contributed by atoms with Crippen molar-refractivity contribution in [2.24, 2.45) is 0 Å². The Labute approximate surface area is 122 Å². The van der Waals surface area contributed by atoms with Gasteiger partial charge in [0.05, 0.1) is 5.56 Å². The number of nitrogens with one attached hydrogen (secondary N) is 1. The van der Waals surface area contributed by atoms with Gasteiger partial charge in [0.25, 0.3) is 0 Å². The van der Waals surface area contributed by atoms with Gasteiger partial charge in [-0.15, -0.1) is 0 Å². The predicted molar refractivity (Wildman–Crippen MR) is 76.0 cm³/mol. The number of rotatable bonds is 2. The van der Waals surface area contributed by atoms with Crippen LogP contribution in [0.1, 0.15) is 17.3 Å². The summed E-state index contributed by atoms with van der Waals surface area (Å²) in [6, 6.07) is 3.29. The molecule has 7 heteroatoms. The van der Waals surface area contributed by atoms with Crippen LogP contribution in [-0.4, -0.2) is 59.6 Å². The number of urea groups is 1. The van der Waals surface area contributed by atoms with Crippen LogP contribution >= 0.6 is 0 Å². The van der Waals surface area contributed by atoms with Crippen molar-refractivity contribution in [1.82, 2.24) is 9.80 Å². The highest BCUT2D eigenvalue weighted by atomic mass is 19.1. The SMILES string of the molecule is CC1CN(C)CCN1C(=O)Nc1ccc(C(=O)O)c(F)c1. The van der Waals surface area contributed by atoms with E-state index < -0.39 is 17.3 Å². The number of carbonyl (C=O) groups excluding carboxylic acids is 1. The number of aromatic carboxylic acids is 1. The number of hydrogen-bond donors (Lipinski definition) is 2. The second kappa shape index (κ2) is 6.09. The van der Waals surface area contributed by atoms with Gasteiger partial charge >= 0.3 is 12.0 Å². The highest BCUT2D eigenvalue weighted by Gasteiger charge is 2.25. The average Bonchev–Trinajstić information content (AvgIpc) is 2.37. The van der Waals surface area contributed by atoms with Gasteiger partial charge in [-0.2, -0.15) is 0 Å². The third-order valence-electron chi connectivity index (χ3n) is 3.54. The van der Waals surface area contributed by atoms with Crippen LogP contribution in [0.2, 0.25) is 0 Å². The minimum atomic E-state index is -1.34. The van der Waals surface area contributed by atoms with E-state index in [-0.39, 0.29) is 17.8 Å². The van der Waals surface area contributed by atoms with E-state index in [0.717, 1.165) is 25.2 Å². The third-order valence-corrected chi connectivity index (χ3v) is 3.54. The maximum atomic E-state index is 13.6. The maximum Gasteiger partial charge on any atom is 0.338 e. The molecule has 1 saturated heterocycles. The molecule has 1 aliphatic heterocycles. The standard InChI is InChI=1S/C14H18FN3O3/c1-9-8-17(2)5-6-18(9)14(21)16-10-3-4-11(13(19)20)12(15)7-10/h3-4,7,9H,5-6,8H2,1-2H3,(H,16,21)(H,19,20). The molecule has 0 aliphatic carbocycles. The molecule has 1 aliphatic rings. The number of halogens is 1. The molecule has 1 heterocycles. The summed E-state index contributed by atoms with van der Waals surface area (Å²) in [7, 11) is 1.99. The molecular formula is C14H18FN3O3. The van der Waals surface area contributed by atoms with Crippen molar-refractivity contribution in [1.29, 1.82) is 0 Å². The Morgan fingerprint density at radius 2 is 2.10 bits per heavy atom. The van der Waals surface area contributed by atoms with Crippen molar-refractivity contribution < 1.29 is 19.1 Å². The Balaban J connectivity index is 2.06. The number of likely N-dealkylation sites (N-methyl/N-ethyl adjacent to an activating group) is 1. The molecular weight excluding hydrogens is 277 g/mol. The van der Waals surface area contributed by atoms with Gasteiger partial charge in [-0.25, -0.2) is 14.0 Å². The van der Waals surface area contributed by atoms with E-state index in [1.165, 1.54) is 6.07 Å². The molecule has 0 radical (unpaired) electrons. The van der Waals surface area contributed by atoms with Gasteiger partial charge in [0.15, 0.2) is 0 Å². The summed E-state index contributed by atoms with van der Waals surface area (Å²) in [6.07, 6.45) is 0. The maximum absolute atomic E-state index is 13.6. The lowest BCUT2D eigenvalue weighted by molar-refractivity contribution is 0.0692. The van der Waals surface area contributed by atoms with Gasteiger partial charge in [-0.3, -0.25) is 0 Å². The van der Waals surface area contributed by atoms with Gasteiger partial charge in [0, 0.05) is 31.4 Å². The number of carbonyl (C=O) groups is 2. The summed E-state index contributed by atoms with van der Waals surface area (Å²) in [5.74, 6) is -2.20. The number of amides is 2. The molecule has 0 saturated carbocycles. The Bertz CT molecular complexity index is 564. The summed E-state index contributed by atoms with van der Waals surface area (Å²) < 4.78 is 13.6. The molecule has 1 aromatic carbocycles. The zero-order valence-electron chi connectivity index (χ0n) is 12.0. The largest absolute Gasteiger partial charge is 0.478 e. The normalized spacial score (nSPS) is 19.4. The summed E-state index contributed by atoms with van der Waals surface area (Å²) in [4.78, 5) is 26.7. The molecule has 114 valence electrons. The molecule has 1 fully saturated rings. The molecule has 2 rings (SSSR count). The number of carboxylic acid groups (broad SMARTS) is 1. The smallest absolute Gasteiger partial charge is 0.338 e. The van der Waals surface area contributed by atoms with Crippen LogP contribution in [0, 0.1) is 5.82 Å². The number of piperazine rings is 1. The van der Waals surface area contributed by atoms with Crippen molar-refractivity contribution in [3.8, 4) is 0 Å².